The van der Waals surface area contributed by atoms with Crippen molar-refractivity contribution in [2.75, 3.05) is 18.1 Å². The van der Waals surface area contributed by atoms with Crippen molar-refractivity contribution < 1.29 is 24.3 Å². The lowest BCUT2D eigenvalue weighted by Crippen LogP contribution is -2.30. The van der Waals surface area contributed by atoms with Crippen LogP contribution in [0.3, 0.4) is 0 Å². The standard InChI is InChI=1S/C12H13FN2O5/c13-9-6-11(15(19)20)10(5-8(9)12(17)18)14(3-4-16)7-1-2-7/h5-7,16H,1-4H2,(H,17,18). The number of aliphatic hydroxyl groups is 1. The van der Waals surface area contributed by atoms with Gasteiger partial charge in [-0.1, -0.05) is 0 Å². The van der Waals surface area contributed by atoms with E-state index in [0.717, 1.165) is 18.9 Å². The molecule has 2 rings (SSSR count). The average Bonchev–Trinajstić information content (AvgIpc) is 3.19. The van der Waals surface area contributed by atoms with Gasteiger partial charge in [0.2, 0.25) is 0 Å². The Bertz CT molecular complexity index is 559. The molecule has 20 heavy (non-hydrogen) atoms. The smallest absolute Gasteiger partial charge is 0.338 e. The topological polar surface area (TPSA) is 104 Å². The number of carboxylic acid groups (broad SMARTS) is 1. The van der Waals surface area contributed by atoms with Crippen molar-refractivity contribution in [1.82, 2.24) is 0 Å². The summed E-state index contributed by atoms with van der Waals surface area (Å²) < 4.78 is 13.6. The number of halogens is 1. The van der Waals surface area contributed by atoms with Gasteiger partial charge >= 0.3 is 5.97 Å². The number of anilines is 1. The first-order valence-corrected chi connectivity index (χ1v) is 6.04. The second-order valence-corrected chi connectivity index (χ2v) is 4.53. The summed E-state index contributed by atoms with van der Waals surface area (Å²) in [5, 5.41) is 29.0. The second-order valence-electron chi connectivity index (χ2n) is 4.53. The van der Waals surface area contributed by atoms with Crippen LogP contribution in [0.5, 0.6) is 0 Å². The fourth-order valence-electron chi connectivity index (χ4n) is 2.09. The molecule has 0 aliphatic heterocycles. The van der Waals surface area contributed by atoms with E-state index in [1.165, 1.54) is 0 Å². The molecule has 0 amide bonds. The van der Waals surface area contributed by atoms with Gasteiger partial charge in [0.1, 0.15) is 11.5 Å². The van der Waals surface area contributed by atoms with E-state index in [4.69, 9.17) is 10.2 Å². The van der Waals surface area contributed by atoms with Gasteiger partial charge in [-0.05, 0) is 18.9 Å². The zero-order valence-corrected chi connectivity index (χ0v) is 10.5. The van der Waals surface area contributed by atoms with E-state index >= 15 is 0 Å². The molecule has 0 atom stereocenters. The predicted octanol–water partition coefficient (Wildman–Crippen LogP) is 1.39. The average molecular weight is 284 g/mol. The Morgan fingerprint density at radius 3 is 2.60 bits per heavy atom. The van der Waals surface area contributed by atoms with Crippen LogP contribution in [0.2, 0.25) is 0 Å². The minimum Gasteiger partial charge on any atom is -0.478 e. The first-order valence-electron chi connectivity index (χ1n) is 6.04. The van der Waals surface area contributed by atoms with Crippen LogP contribution in [0.25, 0.3) is 0 Å². The van der Waals surface area contributed by atoms with E-state index in [9.17, 15) is 19.3 Å². The monoisotopic (exact) mass is 284 g/mol. The number of nitrogens with zero attached hydrogens (tertiary/aromatic N) is 2. The van der Waals surface area contributed by atoms with Crippen molar-refractivity contribution in [3.05, 3.63) is 33.6 Å². The molecule has 0 unspecified atom stereocenters. The lowest BCUT2D eigenvalue weighted by atomic mass is 10.1. The van der Waals surface area contributed by atoms with Crippen LogP contribution < -0.4 is 4.90 Å². The number of benzene rings is 1. The third-order valence-electron chi connectivity index (χ3n) is 3.13. The molecule has 8 heteroatoms. The van der Waals surface area contributed by atoms with Gasteiger partial charge in [-0.3, -0.25) is 10.1 Å². The maximum Gasteiger partial charge on any atom is 0.338 e. The van der Waals surface area contributed by atoms with Gasteiger partial charge in [0.05, 0.1) is 23.2 Å². The highest BCUT2D eigenvalue weighted by Crippen LogP contribution is 2.38. The quantitative estimate of drug-likeness (QED) is 0.604. The van der Waals surface area contributed by atoms with Gasteiger partial charge in [0.25, 0.3) is 5.69 Å². The van der Waals surface area contributed by atoms with Gasteiger partial charge in [-0.25, -0.2) is 9.18 Å². The van der Waals surface area contributed by atoms with Gasteiger partial charge in [0.15, 0.2) is 0 Å². The minimum atomic E-state index is -1.49. The van der Waals surface area contributed by atoms with Crippen molar-refractivity contribution >= 4 is 17.3 Å². The summed E-state index contributed by atoms with van der Waals surface area (Å²) >= 11 is 0. The van der Waals surface area contributed by atoms with E-state index < -0.39 is 28.0 Å². The lowest BCUT2D eigenvalue weighted by Gasteiger charge is -2.23. The molecular formula is C12H13FN2O5. The number of nitro groups is 1. The number of hydrogen-bond donors (Lipinski definition) is 2. The van der Waals surface area contributed by atoms with Crippen LogP contribution in [-0.4, -0.2) is 40.3 Å². The Hall–Kier alpha value is -2.22. The highest BCUT2D eigenvalue weighted by Gasteiger charge is 2.34. The molecule has 1 aliphatic carbocycles. The molecule has 0 bridgehead atoms. The molecule has 7 nitrogen and oxygen atoms in total. The van der Waals surface area contributed by atoms with Gasteiger partial charge < -0.3 is 15.1 Å². The Morgan fingerprint density at radius 1 is 1.50 bits per heavy atom. The molecular weight excluding hydrogens is 271 g/mol. The first-order chi connectivity index (χ1) is 9.45. The van der Waals surface area contributed by atoms with Crippen LogP contribution >= 0.6 is 0 Å². The summed E-state index contributed by atoms with van der Waals surface area (Å²) in [7, 11) is 0. The van der Waals surface area contributed by atoms with E-state index in [1.54, 1.807) is 4.90 Å². The second kappa shape index (κ2) is 5.41. The summed E-state index contributed by atoms with van der Waals surface area (Å²) in [6.45, 7) is -0.0936. The van der Waals surface area contributed by atoms with Crippen LogP contribution in [0.1, 0.15) is 23.2 Å². The molecule has 1 aromatic carbocycles. The van der Waals surface area contributed by atoms with Gasteiger partial charge in [0, 0.05) is 12.6 Å². The zero-order valence-electron chi connectivity index (χ0n) is 10.5. The normalized spacial score (nSPS) is 14.1. The third-order valence-corrected chi connectivity index (χ3v) is 3.13. The summed E-state index contributed by atoms with van der Waals surface area (Å²) in [4.78, 5) is 22.8. The minimum absolute atomic E-state index is 0.0213. The van der Waals surface area contributed by atoms with E-state index in [1.807, 2.05) is 0 Å². The Morgan fingerprint density at radius 2 is 2.15 bits per heavy atom. The van der Waals surface area contributed by atoms with Crippen LogP contribution in [0.15, 0.2) is 12.1 Å². The van der Waals surface area contributed by atoms with E-state index in [-0.39, 0.29) is 24.9 Å². The van der Waals surface area contributed by atoms with Crippen molar-refractivity contribution in [3.63, 3.8) is 0 Å². The number of carbonyl (C=O) groups is 1. The van der Waals surface area contributed by atoms with Crippen molar-refractivity contribution in [2.45, 2.75) is 18.9 Å². The molecule has 108 valence electrons. The molecule has 0 spiro atoms. The number of rotatable bonds is 6. The summed E-state index contributed by atoms with van der Waals surface area (Å²) in [6, 6.07) is 1.60. The lowest BCUT2D eigenvalue weighted by molar-refractivity contribution is -0.384. The van der Waals surface area contributed by atoms with Crippen molar-refractivity contribution in [2.24, 2.45) is 0 Å². The molecule has 0 heterocycles. The maximum atomic E-state index is 13.6. The molecule has 2 N–H and O–H groups in total. The van der Waals surface area contributed by atoms with Gasteiger partial charge in [-0.15, -0.1) is 0 Å². The SMILES string of the molecule is O=C(O)c1cc(N(CCO)C2CC2)c([N+](=O)[O-])cc1F. The maximum absolute atomic E-state index is 13.6. The Labute approximate surface area is 113 Å². The zero-order chi connectivity index (χ0) is 14.9. The fourth-order valence-corrected chi connectivity index (χ4v) is 2.09. The predicted molar refractivity (Wildman–Crippen MR) is 67.5 cm³/mol. The summed E-state index contributed by atoms with van der Waals surface area (Å²) in [5.74, 6) is -2.63. The van der Waals surface area contributed by atoms with Crippen LogP contribution in [0, 0.1) is 15.9 Å². The largest absolute Gasteiger partial charge is 0.478 e. The molecule has 1 aliphatic rings. The highest BCUT2D eigenvalue weighted by atomic mass is 19.1. The summed E-state index contributed by atoms with van der Waals surface area (Å²) in [5.41, 5.74) is -1.08. The van der Waals surface area contributed by atoms with Crippen molar-refractivity contribution in [3.8, 4) is 0 Å². The Kier molecular flexibility index (Phi) is 3.84. The number of carboxylic acids is 1. The highest BCUT2D eigenvalue weighted by molar-refractivity contribution is 5.90. The molecule has 0 aromatic heterocycles. The molecule has 0 saturated heterocycles. The first kappa shape index (κ1) is 14.2. The Balaban J connectivity index is 2.54. The number of aromatic carboxylic acids is 1. The molecule has 1 aromatic rings. The van der Waals surface area contributed by atoms with Crippen LogP contribution in [0.4, 0.5) is 15.8 Å². The van der Waals surface area contributed by atoms with E-state index in [2.05, 4.69) is 0 Å². The number of hydrogen-bond acceptors (Lipinski definition) is 5. The van der Waals surface area contributed by atoms with Gasteiger partial charge in [-0.2, -0.15) is 0 Å². The summed E-state index contributed by atoms with van der Waals surface area (Å²) in [6.07, 6.45) is 1.61. The molecule has 1 fully saturated rings. The van der Waals surface area contributed by atoms with Crippen molar-refractivity contribution in [1.29, 1.82) is 0 Å². The number of nitro benzene ring substituents is 1. The third kappa shape index (κ3) is 2.69. The molecule has 0 radical (unpaired) electrons. The number of aliphatic hydroxyl groups excluding tert-OH is 1. The van der Waals surface area contributed by atoms with E-state index in [0.29, 0.717) is 6.07 Å². The molecule has 1 saturated carbocycles. The van der Waals surface area contributed by atoms with Crippen LogP contribution in [-0.2, 0) is 0 Å². The fraction of sp³-hybridized carbons (Fsp3) is 0.417.